The zero-order chi connectivity index (χ0) is 12.9. The summed E-state index contributed by atoms with van der Waals surface area (Å²) >= 11 is 0. The maximum atomic E-state index is 5.87. The molecule has 4 heteroatoms. The minimum absolute atomic E-state index is 0.416. The van der Waals surface area contributed by atoms with Crippen LogP contribution in [0, 0.1) is 23.2 Å². The van der Waals surface area contributed by atoms with Crippen molar-refractivity contribution in [3.05, 3.63) is 12.4 Å². The van der Waals surface area contributed by atoms with E-state index in [2.05, 4.69) is 9.97 Å². The van der Waals surface area contributed by atoms with Crippen LogP contribution in [0.15, 0.2) is 12.4 Å². The molecule has 2 N–H and O–H groups in total. The number of nitrogen functional groups attached to an aromatic ring is 1. The lowest BCUT2D eigenvalue weighted by Gasteiger charge is -2.56. The molecule has 4 aliphatic rings. The third kappa shape index (κ3) is 2.07. The summed E-state index contributed by atoms with van der Waals surface area (Å²) in [6.07, 6.45) is 11.7. The summed E-state index contributed by atoms with van der Waals surface area (Å²) in [7, 11) is 0. The molecule has 0 aliphatic heterocycles. The molecular formula is C15H21N3O. The van der Waals surface area contributed by atoms with Gasteiger partial charge in [-0.3, -0.25) is 0 Å². The Morgan fingerprint density at radius 2 is 1.58 bits per heavy atom. The van der Waals surface area contributed by atoms with Gasteiger partial charge in [0.2, 0.25) is 0 Å². The molecule has 0 unspecified atom stereocenters. The van der Waals surface area contributed by atoms with Gasteiger partial charge in [0.05, 0.1) is 24.7 Å². The lowest BCUT2D eigenvalue weighted by atomic mass is 9.50. The lowest BCUT2D eigenvalue weighted by Crippen LogP contribution is -2.48. The van der Waals surface area contributed by atoms with Crippen LogP contribution in [0.25, 0.3) is 0 Å². The Kier molecular flexibility index (Phi) is 2.47. The van der Waals surface area contributed by atoms with Crippen LogP contribution in [0.2, 0.25) is 0 Å². The molecule has 4 saturated carbocycles. The Bertz CT molecular complexity index is 435. The first kappa shape index (κ1) is 11.5. The summed E-state index contributed by atoms with van der Waals surface area (Å²) < 4.78 is 5.87. The van der Waals surface area contributed by atoms with Gasteiger partial charge in [0.25, 0.3) is 0 Å². The predicted molar refractivity (Wildman–Crippen MR) is 72.5 cm³/mol. The van der Waals surface area contributed by atoms with Gasteiger partial charge in [0.15, 0.2) is 0 Å². The number of anilines is 1. The molecule has 19 heavy (non-hydrogen) atoms. The zero-order valence-corrected chi connectivity index (χ0v) is 11.2. The second-order valence-corrected chi connectivity index (χ2v) is 7.01. The van der Waals surface area contributed by atoms with Gasteiger partial charge in [0, 0.05) is 5.41 Å². The summed E-state index contributed by atoms with van der Waals surface area (Å²) in [4.78, 5) is 8.27. The molecule has 0 aromatic carbocycles. The Morgan fingerprint density at radius 1 is 1.05 bits per heavy atom. The average molecular weight is 259 g/mol. The van der Waals surface area contributed by atoms with Crippen LogP contribution in [0.3, 0.4) is 0 Å². The molecule has 0 radical (unpaired) electrons. The van der Waals surface area contributed by atoms with E-state index in [1.807, 2.05) is 0 Å². The highest BCUT2D eigenvalue weighted by Crippen LogP contribution is 2.59. The van der Waals surface area contributed by atoms with Crippen LogP contribution in [-0.2, 0) is 0 Å². The van der Waals surface area contributed by atoms with Crippen molar-refractivity contribution in [2.24, 2.45) is 23.2 Å². The van der Waals surface area contributed by atoms with Gasteiger partial charge in [-0.2, -0.15) is 0 Å². The Morgan fingerprint density at radius 3 is 2.11 bits per heavy atom. The van der Waals surface area contributed by atoms with Crippen molar-refractivity contribution >= 4 is 5.69 Å². The van der Waals surface area contributed by atoms with Gasteiger partial charge in [-0.05, 0) is 56.3 Å². The molecule has 0 saturated heterocycles. The highest BCUT2D eigenvalue weighted by molar-refractivity contribution is 5.30. The third-order valence-corrected chi connectivity index (χ3v) is 5.32. The van der Waals surface area contributed by atoms with Crippen molar-refractivity contribution in [3.63, 3.8) is 0 Å². The molecule has 0 amide bonds. The van der Waals surface area contributed by atoms with E-state index in [1.54, 1.807) is 12.4 Å². The Hall–Kier alpha value is -1.32. The molecule has 4 nitrogen and oxygen atoms in total. The molecule has 0 spiro atoms. The zero-order valence-electron chi connectivity index (χ0n) is 11.2. The van der Waals surface area contributed by atoms with Gasteiger partial charge in [-0.1, -0.05) is 0 Å². The number of ether oxygens (including phenoxy) is 1. The fourth-order valence-electron chi connectivity index (χ4n) is 5.09. The normalized spacial score (nSPS) is 39.5. The van der Waals surface area contributed by atoms with Crippen LogP contribution in [0.1, 0.15) is 38.5 Å². The summed E-state index contributed by atoms with van der Waals surface area (Å²) in [5, 5.41) is 0. The third-order valence-electron chi connectivity index (χ3n) is 5.32. The number of hydrogen-bond acceptors (Lipinski definition) is 4. The van der Waals surface area contributed by atoms with E-state index in [9.17, 15) is 0 Å². The summed E-state index contributed by atoms with van der Waals surface area (Å²) in [5.74, 6) is 2.88. The maximum Gasteiger partial charge on any atom is 0.316 e. The Balaban J connectivity index is 1.46. The number of nitrogens with two attached hydrogens (primary N) is 1. The maximum absolute atomic E-state index is 5.87. The molecule has 4 bridgehead atoms. The number of nitrogens with zero attached hydrogens (tertiary/aromatic N) is 2. The van der Waals surface area contributed by atoms with E-state index < -0.39 is 0 Å². The monoisotopic (exact) mass is 259 g/mol. The van der Waals surface area contributed by atoms with Gasteiger partial charge in [0.1, 0.15) is 0 Å². The van der Waals surface area contributed by atoms with E-state index >= 15 is 0 Å². The van der Waals surface area contributed by atoms with E-state index in [0.29, 0.717) is 17.1 Å². The first-order valence-corrected chi connectivity index (χ1v) is 7.41. The second kappa shape index (κ2) is 4.09. The van der Waals surface area contributed by atoms with Crippen molar-refractivity contribution in [2.45, 2.75) is 38.5 Å². The van der Waals surface area contributed by atoms with E-state index in [1.165, 1.54) is 38.5 Å². The van der Waals surface area contributed by atoms with Crippen molar-refractivity contribution in [2.75, 3.05) is 12.3 Å². The average Bonchev–Trinajstić information content (AvgIpc) is 2.36. The molecule has 5 rings (SSSR count). The fourth-order valence-corrected chi connectivity index (χ4v) is 5.09. The summed E-state index contributed by atoms with van der Waals surface area (Å²) in [6, 6.07) is 0.477. The quantitative estimate of drug-likeness (QED) is 0.906. The van der Waals surface area contributed by atoms with Crippen molar-refractivity contribution in [1.82, 2.24) is 9.97 Å². The van der Waals surface area contributed by atoms with Crippen molar-refractivity contribution in [1.29, 1.82) is 0 Å². The standard InChI is InChI=1S/C15H21N3O/c16-13-7-17-14(18-8-13)19-9-15-4-10-1-11(5-15)3-12(2-10)6-15/h7-8,10-12H,1-6,9,16H2. The lowest BCUT2D eigenvalue weighted by molar-refractivity contribution is -0.0758. The molecule has 1 aromatic heterocycles. The van der Waals surface area contributed by atoms with Crippen LogP contribution in [0.5, 0.6) is 6.01 Å². The number of aromatic nitrogens is 2. The molecular weight excluding hydrogens is 238 g/mol. The van der Waals surface area contributed by atoms with Crippen molar-refractivity contribution in [3.8, 4) is 6.01 Å². The van der Waals surface area contributed by atoms with E-state index in [-0.39, 0.29) is 0 Å². The van der Waals surface area contributed by atoms with Crippen LogP contribution in [0.4, 0.5) is 5.69 Å². The minimum Gasteiger partial charge on any atom is -0.463 e. The molecule has 4 aliphatic carbocycles. The highest BCUT2D eigenvalue weighted by Gasteiger charge is 2.51. The largest absolute Gasteiger partial charge is 0.463 e. The molecule has 4 fully saturated rings. The van der Waals surface area contributed by atoms with Crippen LogP contribution < -0.4 is 10.5 Å². The van der Waals surface area contributed by atoms with Gasteiger partial charge in [-0.25, -0.2) is 9.97 Å². The number of rotatable bonds is 3. The van der Waals surface area contributed by atoms with Gasteiger partial charge >= 0.3 is 6.01 Å². The molecule has 1 aromatic rings. The topological polar surface area (TPSA) is 61.0 Å². The molecule has 0 atom stereocenters. The van der Waals surface area contributed by atoms with Crippen molar-refractivity contribution < 1.29 is 4.74 Å². The SMILES string of the molecule is Nc1cnc(OCC23CC4CC(CC(C4)C2)C3)nc1. The van der Waals surface area contributed by atoms with Gasteiger partial charge < -0.3 is 10.5 Å². The van der Waals surface area contributed by atoms with E-state index in [4.69, 9.17) is 10.5 Å². The smallest absolute Gasteiger partial charge is 0.316 e. The van der Waals surface area contributed by atoms with Gasteiger partial charge in [-0.15, -0.1) is 0 Å². The highest BCUT2D eigenvalue weighted by atomic mass is 16.5. The number of hydrogen-bond donors (Lipinski definition) is 1. The second-order valence-electron chi connectivity index (χ2n) is 7.01. The summed E-state index contributed by atoms with van der Waals surface area (Å²) in [6.45, 7) is 0.792. The first-order chi connectivity index (χ1) is 9.21. The summed E-state index contributed by atoms with van der Waals surface area (Å²) in [5.41, 5.74) is 6.59. The Labute approximate surface area is 113 Å². The predicted octanol–water partition coefficient (Wildman–Crippen LogP) is 2.65. The fraction of sp³-hybridized carbons (Fsp3) is 0.733. The van der Waals surface area contributed by atoms with Crippen LogP contribution >= 0.6 is 0 Å². The minimum atomic E-state index is 0.416. The molecule has 1 heterocycles. The van der Waals surface area contributed by atoms with E-state index in [0.717, 1.165) is 24.4 Å². The first-order valence-electron chi connectivity index (χ1n) is 7.41. The van der Waals surface area contributed by atoms with Crippen LogP contribution in [-0.4, -0.2) is 16.6 Å². The molecule has 102 valence electrons.